The third-order valence-corrected chi connectivity index (χ3v) is 4.04. The molecule has 0 saturated heterocycles. The van der Waals surface area contributed by atoms with Gasteiger partial charge in [0, 0.05) is 13.1 Å². The molecular formula is C26H27FeNO2+2. The van der Waals surface area contributed by atoms with E-state index in [9.17, 15) is 4.79 Å². The molecule has 0 aromatic heterocycles. The molecule has 0 N–H and O–H groups in total. The van der Waals surface area contributed by atoms with Crippen LogP contribution in [0.4, 0.5) is 0 Å². The van der Waals surface area contributed by atoms with Crippen molar-refractivity contribution in [2.24, 2.45) is 0 Å². The van der Waals surface area contributed by atoms with Crippen LogP contribution < -0.4 is 0 Å². The van der Waals surface area contributed by atoms with E-state index in [0.717, 1.165) is 11.5 Å². The maximum Gasteiger partial charge on any atom is 2.00 e. The van der Waals surface area contributed by atoms with Gasteiger partial charge in [-0.05, 0) is 70.3 Å². The summed E-state index contributed by atoms with van der Waals surface area (Å²) in [6, 6.07) is 9.37. The second-order valence-corrected chi connectivity index (χ2v) is 6.26. The number of benzene rings is 1. The topological polar surface area (TPSA) is 29.5 Å². The van der Waals surface area contributed by atoms with Crippen molar-refractivity contribution in [1.82, 2.24) is 4.90 Å². The molecule has 0 aliphatic heterocycles. The molecule has 1 aromatic rings. The van der Waals surface area contributed by atoms with E-state index in [0.29, 0.717) is 19.7 Å². The molecule has 1 aromatic carbocycles. The molecule has 1 atom stereocenters. The van der Waals surface area contributed by atoms with E-state index < -0.39 is 6.04 Å². The van der Waals surface area contributed by atoms with Crippen molar-refractivity contribution in [2.75, 3.05) is 13.2 Å². The van der Waals surface area contributed by atoms with Crippen molar-refractivity contribution in [1.29, 1.82) is 0 Å². The van der Waals surface area contributed by atoms with Crippen molar-refractivity contribution in [3.63, 3.8) is 0 Å². The van der Waals surface area contributed by atoms with Gasteiger partial charge in [0.05, 0.1) is 12.5 Å². The summed E-state index contributed by atoms with van der Waals surface area (Å²) in [5, 5.41) is 0. The fourth-order valence-corrected chi connectivity index (χ4v) is 2.70. The maximum absolute atomic E-state index is 12.4. The molecule has 0 spiro atoms. The molecule has 10 radical (unpaired) electrons. The molecule has 3 rings (SSSR count). The Labute approximate surface area is 194 Å². The predicted molar refractivity (Wildman–Crippen MR) is 117 cm³/mol. The molecule has 0 amide bonds. The van der Waals surface area contributed by atoms with Crippen LogP contribution in [0, 0.1) is 75.5 Å². The third-order valence-electron chi connectivity index (χ3n) is 4.04. The van der Waals surface area contributed by atoms with E-state index in [-0.39, 0.29) is 23.0 Å². The van der Waals surface area contributed by atoms with Crippen LogP contribution in [-0.2, 0) is 33.1 Å². The zero-order valence-electron chi connectivity index (χ0n) is 17.2. The van der Waals surface area contributed by atoms with Crippen LogP contribution >= 0.6 is 0 Å². The van der Waals surface area contributed by atoms with Crippen molar-refractivity contribution < 1.29 is 26.6 Å². The van der Waals surface area contributed by atoms with Gasteiger partial charge in [0.1, 0.15) is 0 Å². The summed E-state index contributed by atoms with van der Waals surface area (Å²) in [4.78, 5) is 14.4. The molecule has 2 aliphatic carbocycles. The number of carbonyl (C=O) groups excluding carboxylic acids is 1. The number of hydrogen-bond donors (Lipinski definition) is 0. The first-order chi connectivity index (χ1) is 14.2. The Bertz CT molecular complexity index is 647. The van der Waals surface area contributed by atoms with E-state index in [1.165, 1.54) is 0 Å². The van der Waals surface area contributed by atoms with Gasteiger partial charge in [-0.25, -0.2) is 4.79 Å². The first-order valence-corrected chi connectivity index (χ1v) is 9.70. The standard InChI is InChI=1S/C21H22NO2.C5H5.Fe/c1-3-16-22(17-19-12-6-5-7-13-19)20(21(23)24-4-2)15-14-18-10-8-9-11-18;1-2-4-5-3-1;/h3,5-13,20H,1,4,16-17H2,2H3;1-5H;/q;;+2. The van der Waals surface area contributed by atoms with Crippen LogP contribution in [0.3, 0.4) is 0 Å². The SMILES string of the molecule is C=CCN(Cc1ccccc1)C(C#C[C]1[CH][CH][CH][CH]1)C(=O)OCC.[CH]1[CH][CH][CH][CH]1.[Fe+2]. The summed E-state index contributed by atoms with van der Waals surface area (Å²) in [6.07, 6.45) is 19.5. The summed E-state index contributed by atoms with van der Waals surface area (Å²) >= 11 is 0. The van der Waals surface area contributed by atoms with Crippen LogP contribution in [0.2, 0.25) is 0 Å². The molecule has 1 unspecified atom stereocenters. The number of nitrogens with zero attached hydrogens (tertiary/aromatic N) is 1. The van der Waals surface area contributed by atoms with E-state index in [1.54, 1.807) is 13.0 Å². The Kier molecular flexibility index (Phi) is 14.3. The number of hydrogen-bond acceptors (Lipinski definition) is 3. The molecule has 30 heavy (non-hydrogen) atoms. The fourth-order valence-electron chi connectivity index (χ4n) is 2.70. The van der Waals surface area contributed by atoms with Crippen LogP contribution in [0.25, 0.3) is 0 Å². The molecule has 0 bridgehead atoms. The Balaban J connectivity index is 0.000000655. The van der Waals surface area contributed by atoms with Gasteiger partial charge in [0.25, 0.3) is 0 Å². The smallest absolute Gasteiger partial charge is 0.464 e. The summed E-state index contributed by atoms with van der Waals surface area (Å²) in [7, 11) is 0. The predicted octanol–water partition coefficient (Wildman–Crippen LogP) is 4.03. The van der Waals surface area contributed by atoms with Crippen LogP contribution in [0.5, 0.6) is 0 Å². The van der Waals surface area contributed by atoms with Gasteiger partial charge in [-0.1, -0.05) is 48.2 Å². The number of carbonyl (C=O) groups is 1. The number of rotatable bonds is 7. The van der Waals surface area contributed by atoms with E-state index in [2.05, 4.69) is 18.4 Å². The molecule has 0 heterocycles. The average Bonchev–Trinajstić information content (AvgIpc) is 3.46. The fraction of sp³-hybridized carbons (Fsp3) is 0.192. The van der Waals surface area contributed by atoms with Crippen molar-refractivity contribution in [3.05, 3.63) is 112 Å². The monoisotopic (exact) mass is 441 g/mol. The number of ether oxygens (including phenoxy) is 1. The Hall–Kier alpha value is -1.53. The molecule has 2 saturated carbocycles. The Morgan fingerprint density at radius 3 is 2.20 bits per heavy atom. The molecule has 4 heteroatoms. The molecule has 154 valence electrons. The molecular weight excluding hydrogens is 414 g/mol. The van der Waals surface area contributed by atoms with Gasteiger partial charge < -0.3 is 4.74 Å². The minimum atomic E-state index is -0.627. The second-order valence-electron chi connectivity index (χ2n) is 6.26. The maximum atomic E-state index is 12.4. The van der Waals surface area contributed by atoms with E-state index in [1.807, 2.05) is 93.0 Å². The van der Waals surface area contributed by atoms with Gasteiger partial charge >= 0.3 is 23.0 Å². The minimum absolute atomic E-state index is 0. The van der Waals surface area contributed by atoms with Gasteiger partial charge in [-0.3, -0.25) is 4.90 Å². The van der Waals surface area contributed by atoms with E-state index >= 15 is 0 Å². The number of esters is 1. The summed E-state index contributed by atoms with van der Waals surface area (Å²) < 4.78 is 5.22. The Morgan fingerprint density at radius 1 is 1.07 bits per heavy atom. The summed E-state index contributed by atoms with van der Waals surface area (Å²) in [6.45, 7) is 7.08. The summed E-state index contributed by atoms with van der Waals surface area (Å²) in [5.74, 6) is 6.69. The zero-order chi connectivity index (χ0) is 20.7. The average molecular weight is 441 g/mol. The Morgan fingerprint density at radius 2 is 1.67 bits per heavy atom. The van der Waals surface area contributed by atoms with Gasteiger partial charge in [0.15, 0.2) is 6.04 Å². The van der Waals surface area contributed by atoms with Crippen LogP contribution in [0.1, 0.15) is 12.5 Å². The molecule has 3 nitrogen and oxygen atoms in total. The van der Waals surface area contributed by atoms with Crippen molar-refractivity contribution in [3.8, 4) is 11.8 Å². The largest absolute Gasteiger partial charge is 2.00 e. The minimum Gasteiger partial charge on any atom is -0.464 e. The quantitative estimate of drug-likeness (QED) is 0.277. The van der Waals surface area contributed by atoms with Crippen LogP contribution in [-0.4, -0.2) is 30.1 Å². The van der Waals surface area contributed by atoms with Gasteiger partial charge in [-0.2, -0.15) is 0 Å². The normalized spacial score (nSPS) is 16.5. The van der Waals surface area contributed by atoms with Crippen LogP contribution in [0.15, 0.2) is 43.0 Å². The first-order valence-electron chi connectivity index (χ1n) is 9.70. The van der Waals surface area contributed by atoms with Crippen molar-refractivity contribution >= 4 is 5.97 Å². The molecule has 2 aliphatic rings. The van der Waals surface area contributed by atoms with Crippen molar-refractivity contribution in [2.45, 2.75) is 19.5 Å². The van der Waals surface area contributed by atoms with Gasteiger partial charge in [0.2, 0.25) is 0 Å². The zero-order valence-corrected chi connectivity index (χ0v) is 18.3. The summed E-state index contributed by atoms with van der Waals surface area (Å²) in [5.41, 5.74) is 1.11. The van der Waals surface area contributed by atoms with Gasteiger partial charge in [-0.15, -0.1) is 6.58 Å². The first kappa shape index (κ1) is 26.5. The second kappa shape index (κ2) is 16.2. The third kappa shape index (κ3) is 9.98. The van der Waals surface area contributed by atoms with E-state index in [4.69, 9.17) is 4.74 Å². The molecule has 2 fully saturated rings.